The van der Waals surface area contributed by atoms with Gasteiger partial charge in [0.05, 0.1) is 33.1 Å². The van der Waals surface area contributed by atoms with Crippen molar-refractivity contribution in [3.8, 4) is 5.88 Å². The highest BCUT2D eigenvalue weighted by molar-refractivity contribution is 5.92. The number of fused-ring (bicyclic) bond motifs is 1. The second-order valence-corrected chi connectivity index (χ2v) is 6.50. The van der Waals surface area contributed by atoms with Gasteiger partial charge in [0.15, 0.2) is 0 Å². The van der Waals surface area contributed by atoms with Gasteiger partial charge in [-0.2, -0.15) is 0 Å². The molecule has 0 radical (unpaired) electrons. The van der Waals surface area contributed by atoms with Crippen LogP contribution in [0.15, 0.2) is 24.5 Å². The lowest BCUT2D eigenvalue weighted by atomic mass is 10.2. The predicted molar refractivity (Wildman–Crippen MR) is 93.9 cm³/mol. The van der Waals surface area contributed by atoms with Crippen molar-refractivity contribution >= 4 is 5.91 Å². The Morgan fingerprint density at radius 2 is 2.08 bits per heavy atom. The van der Waals surface area contributed by atoms with Crippen LogP contribution >= 0.6 is 0 Å². The van der Waals surface area contributed by atoms with Crippen LogP contribution in [0.25, 0.3) is 0 Å². The van der Waals surface area contributed by atoms with Crippen LogP contribution in [0.5, 0.6) is 5.88 Å². The van der Waals surface area contributed by atoms with Gasteiger partial charge in [0, 0.05) is 44.5 Å². The smallest absolute Gasteiger partial charge is 0.272 e. The Hall–Kier alpha value is -2.45. The van der Waals surface area contributed by atoms with Crippen LogP contribution < -0.4 is 4.74 Å². The van der Waals surface area contributed by atoms with E-state index in [9.17, 15) is 4.79 Å². The van der Waals surface area contributed by atoms with Gasteiger partial charge in [0.1, 0.15) is 11.5 Å². The van der Waals surface area contributed by atoms with E-state index in [-0.39, 0.29) is 5.91 Å². The fraction of sp³-hybridized carbons (Fsp3) is 0.500. The third kappa shape index (κ3) is 3.30. The minimum absolute atomic E-state index is 0.0504. The van der Waals surface area contributed by atoms with Gasteiger partial charge >= 0.3 is 0 Å². The zero-order valence-corrected chi connectivity index (χ0v) is 14.9. The number of aromatic nitrogens is 3. The first-order valence-electron chi connectivity index (χ1n) is 8.88. The van der Waals surface area contributed by atoms with E-state index in [0.717, 1.165) is 31.0 Å². The number of carbonyl (C=O) groups excluding carboxylic acids is 1. The zero-order valence-electron chi connectivity index (χ0n) is 14.9. The molecule has 0 atom stereocenters. The average Bonchev–Trinajstić information content (AvgIpc) is 3.12. The second-order valence-electron chi connectivity index (χ2n) is 6.50. The van der Waals surface area contributed by atoms with Crippen LogP contribution in [0.4, 0.5) is 0 Å². The molecule has 0 spiro atoms. The first kappa shape index (κ1) is 17.0. The van der Waals surface area contributed by atoms with Gasteiger partial charge in [-0.3, -0.25) is 9.69 Å². The molecule has 4 heterocycles. The van der Waals surface area contributed by atoms with Gasteiger partial charge < -0.3 is 18.9 Å². The molecule has 1 saturated heterocycles. The molecule has 1 fully saturated rings. The number of carbonyl (C=O) groups is 1. The lowest BCUT2D eigenvalue weighted by molar-refractivity contribution is 0.0294. The Bertz CT molecular complexity index is 785. The van der Waals surface area contributed by atoms with Crippen molar-refractivity contribution in [1.29, 1.82) is 0 Å². The molecule has 2 aromatic rings. The molecular weight excluding hydrogens is 334 g/mol. The third-order valence-corrected chi connectivity index (χ3v) is 4.90. The van der Waals surface area contributed by atoms with E-state index in [0.29, 0.717) is 44.4 Å². The number of ether oxygens (including phenoxy) is 2. The fourth-order valence-corrected chi connectivity index (χ4v) is 3.51. The summed E-state index contributed by atoms with van der Waals surface area (Å²) in [6.07, 6.45) is 3.44. The van der Waals surface area contributed by atoms with Crippen LogP contribution in [-0.2, 0) is 24.4 Å². The maximum absolute atomic E-state index is 12.8. The normalized spacial score (nSPS) is 17.8. The van der Waals surface area contributed by atoms with Crippen LogP contribution in [0, 0.1) is 0 Å². The maximum atomic E-state index is 12.8. The molecular formula is C18H23N5O3. The minimum atomic E-state index is 0.0504. The topological polar surface area (TPSA) is 72.7 Å². The van der Waals surface area contributed by atoms with E-state index in [1.165, 1.54) is 0 Å². The number of methoxy groups -OCH3 is 1. The van der Waals surface area contributed by atoms with Gasteiger partial charge in [-0.15, -0.1) is 0 Å². The van der Waals surface area contributed by atoms with Crippen molar-refractivity contribution in [2.75, 3.05) is 40.0 Å². The maximum Gasteiger partial charge on any atom is 0.272 e. The molecule has 4 rings (SSSR count). The molecule has 0 aromatic carbocycles. The van der Waals surface area contributed by atoms with Crippen molar-refractivity contribution in [2.24, 2.45) is 0 Å². The van der Waals surface area contributed by atoms with Crippen molar-refractivity contribution in [2.45, 2.75) is 19.6 Å². The summed E-state index contributed by atoms with van der Waals surface area (Å²) in [5, 5.41) is 0. The molecule has 2 aliphatic rings. The highest BCUT2D eigenvalue weighted by atomic mass is 16.5. The SMILES string of the molecule is COc1ncccc1CN1CCn2c(C(=O)N3CCOCC3)cnc2C1. The van der Waals surface area contributed by atoms with Crippen molar-refractivity contribution < 1.29 is 14.3 Å². The molecule has 2 aromatic heterocycles. The van der Waals surface area contributed by atoms with Crippen LogP contribution in [-0.4, -0.2) is 70.2 Å². The Labute approximate surface area is 152 Å². The van der Waals surface area contributed by atoms with E-state index < -0.39 is 0 Å². The zero-order chi connectivity index (χ0) is 17.9. The summed E-state index contributed by atoms with van der Waals surface area (Å²) in [4.78, 5) is 25.7. The quantitative estimate of drug-likeness (QED) is 0.805. The van der Waals surface area contributed by atoms with Gasteiger partial charge in [-0.05, 0) is 6.07 Å². The van der Waals surface area contributed by atoms with Gasteiger partial charge in [-0.25, -0.2) is 9.97 Å². The summed E-state index contributed by atoms with van der Waals surface area (Å²) in [5.41, 5.74) is 1.74. The van der Waals surface area contributed by atoms with E-state index in [4.69, 9.17) is 9.47 Å². The summed E-state index contributed by atoms with van der Waals surface area (Å²) in [7, 11) is 1.64. The third-order valence-electron chi connectivity index (χ3n) is 4.90. The number of morpholine rings is 1. The molecule has 8 heteroatoms. The number of imidazole rings is 1. The minimum Gasteiger partial charge on any atom is -0.481 e. The highest BCUT2D eigenvalue weighted by Gasteiger charge is 2.27. The molecule has 2 aliphatic heterocycles. The Balaban J connectivity index is 1.47. The van der Waals surface area contributed by atoms with Crippen molar-refractivity contribution in [1.82, 2.24) is 24.3 Å². The first-order chi connectivity index (χ1) is 12.8. The van der Waals surface area contributed by atoms with Gasteiger partial charge in [0.2, 0.25) is 5.88 Å². The second kappa shape index (κ2) is 7.43. The molecule has 8 nitrogen and oxygen atoms in total. The largest absolute Gasteiger partial charge is 0.481 e. The molecule has 0 saturated carbocycles. The Morgan fingerprint density at radius 1 is 1.23 bits per heavy atom. The molecule has 1 amide bonds. The number of hydrogen-bond donors (Lipinski definition) is 0. The Kier molecular flexibility index (Phi) is 4.85. The lowest BCUT2D eigenvalue weighted by Crippen LogP contribution is -2.42. The molecule has 0 N–H and O–H groups in total. The van der Waals surface area contributed by atoms with E-state index in [1.807, 2.05) is 17.0 Å². The van der Waals surface area contributed by atoms with E-state index in [2.05, 4.69) is 19.4 Å². The summed E-state index contributed by atoms with van der Waals surface area (Å²) < 4.78 is 12.7. The van der Waals surface area contributed by atoms with Crippen molar-refractivity contribution in [3.63, 3.8) is 0 Å². The number of nitrogens with zero attached hydrogens (tertiary/aromatic N) is 5. The van der Waals surface area contributed by atoms with Crippen molar-refractivity contribution in [3.05, 3.63) is 41.6 Å². The molecule has 26 heavy (non-hydrogen) atoms. The number of hydrogen-bond acceptors (Lipinski definition) is 6. The summed E-state index contributed by atoms with van der Waals surface area (Å²) in [5.74, 6) is 1.63. The summed E-state index contributed by atoms with van der Waals surface area (Å²) in [6, 6.07) is 3.95. The predicted octanol–water partition coefficient (Wildman–Crippen LogP) is 0.775. The Morgan fingerprint density at radius 3 is 2.88 bits per heavy atom. The molecule has 138 valence electrons. The van der Waals surface area contributed by atoms with E-state index in [1.54, 1.807) is 19.5 Å². The first-order valence-corrected chi connectivity index (χ1v) is 8.88. The molecule has 0 bridgehead atoms. The van der Waals surface area contributed by atoms with Crippen LogP contribution in [0.2, 0.25) is 0 Å². The standard InChI is InChI=1S/C18H23N5O3/c1-25-17-14(3-2-4-19-17)12-21-5-6-23-15(11-20-16(23)13-21)18(24)22-7-9-26-10-8-22/h2-4,11H,5-10,12-13H2,1H3. The van der Waals surface area contributed by atoms with Gasteiger partial charge in [0.25, 0.3) is 5.91 Å². The molecule has 0 aliphatic carbocycles. The number of amides is 1. The highest BCUT2D eigenvalue weighted by Crippen LogP contribution is 2.21. The van der Waals surface area contributed by atoms with Crippen LogP contribution in [0.3, 0.4) is 0 Å². The fourth-order valence-electron chi connectivity index (χ4n) is 3.51. The summed E-state index contributed by atoms with van der Waals surface area (Å²) >= 11 is 0. The van der Waals surface area contributed by atoms with Gasteiger partial charge in [-0.1, -0.05) is 6.07 Å². The molecule has 0 unspecified atom stereocenters. The average molecular weight is 357 g/mol. The van der Waals surface area contributed by atoms with E-state index >= 15 is 0 Å². The number of rotatable bonds is 4. The van der Waals surface area contributed by atoms with Crippen LogP contribution in [0.1, 0.15) is 21.9 Å². The number of pyridine rings is 1. The summed E-state index contributed by atoms with van der Waals surface area (Å²) in [6.45, 7) is 5.55. The lowest BCUT2D eigenvalue weighted by Gasteiger charge is -2.30. The monoisotopic (exact) mass is 357 g/mol.